The molecule has 0 spiro atoms. The molecule has 1 amide bonds. The number of nitrogens with one attached hydrogen (secondary N) is 1. The van der Waals surface area contributed by atoms with Gasteiger partial charge in [-0.15, -0.1) is 10.2 Å². The third-order valence-corrected chi connectivity index (χ3v) is 4.07. The van der Waals surface area contributed by atoms with E-state index in [4.69, 9.17) is 11.6 Å². The van der Waals surface area contributed by atoms with Crippen LogP contribution < -0.4 is 5.32 Å². The Labute approximate surface area is 153 Å². The average Bonchev–Trinajstić information content (AvgIpc) is 3.06. The molecular formula is C19H12ClFN4O. The maximum absolute atomic E-state index is 13.7. The fraction of sp³-hybridized carbons (Fsp3) is 0. The summed E-state index contributed by atoms with van der Waals surface area (Å²) in [5.41, 5.74) is 2.53. The Bertz CT molecular complexity index is 1110. The Kier molecular flexibility index (Phi) is 4.10. The zero-order valence-electron chi connectivity index (χ0n) is 13.4. The van der Waals surface area contributed by atoms with Crippen molar-refractivity contribution >= 4 is 34.2 Å². The number of amides is 1. The van der Waals surface area contributed by atoms with E-state index in [0.717, 1.165) is 5.69 Å². The fourth-order valence-corrected chi connectivity index (χ4v) is 2.65. The van der Waals surface area contributed by atoms with E-state index in [2.05, 4.69) is 15.5 Å². The van der Waals surface area contributed by atoms with E-state index in [0.29, 0.717) is 21.7 Å². The van der Waals surface area contributed by atoms with Crippen LogP contribution in [-0.2, 0) is 0 Å². The molecule has 128 valence electrons. The lowest BCUT2D eigenvalue weighted by Crippen LogP contribution is -2.13. The summed E-state index contributed by atoms with van der Waals surface area (Å²) in [5, 5.41) is 12.1. The molecule has 0 aliphatic heterocycles. The Morgan fingerprint density at radius 3 is 2.46 bits per heavy atom. The second-order valence-electron chi connectivity index (χ2n) is 5.60. The Morgan fingerprint density at radius 2 is 1.69 bits per heavy atom. The van der Waals surface area contributed by atoms with E-state index in [1.54, 1.807) is 36.4 Å². The van der Waals surface area contributed by atoms with Crippen molar-refractivity contribution < 1.29 is 9.18 Å². The molecule has 1 N–H and O–H groups in total. The molecular weight excluding hydrogens is 355 g/mol. The van der Waals surface area contributed by atoms with Crippen LogP contribution in [0.15, 0.2) is 66.7 Å². The van der Waals surface area contributed by atoms with Gasteiger partial charge in [0.25, 0.3) is 5.91 Å². The zero-order valence-corrected chi connectivity index (χ0v) is 14.1. The molecule has 4 aromatic rings. The average molecular weight is 367 g/mol. The molecule has 5 nitrogen and oxygen atoms in total. The minimum atomic E-state index is -0.570. The highest BCUT2D eigenvalue weighted by Crippen LogP contribution is 2.19. The quantitative estimate of drug-likeness (QED) is 0.582. The SMILES string of the molecule is O=C(Nc1ccc2nn(-c3ccc(Cl)cc3)nc2c1)c1ccccc1F. The summed E-state index contributed by atoms with van der Waals surface area (Å²) in [4.78, 5) is 13.7. The first-order chi connectivity index (χ1) is 12.6. The van der Waals surface area contributed by atoms with Gasteiger partial charge in [0.05, 0.1) is 11.3 Å². The number of hydrogen-bond acceptors (Lipinski definition) is 3. The highest BCUT2D eigenvalue weighted by atomic mass is 35.5. The molecule has 0 atom stereocenters. The lowest BCUT2D eigenvalue weighted by atomic mass is 10.2. The molecule has 0 unspecified atom stereocenters. The van der Waals surface area contributed by atoms with Crippen LogP contribution >= 0.6 is 11.6 Å². The number of hydrogen-bond donors (Lipinski definition) is 1. The van der Waals surface area contributed by atoms with Gasteiger partial charge in [-0.2, -0.15) is 4.80 Å². The third-order valence-electron chi connectivity index (χ3n) is 3.81. The molecule has 1 heterocycles. The predicted octanol–water partition coefficient (Wildman–Crippen LogP) is 4.47. The van der Waals surface area contributed by atoms with Crippen LogP contribution in [0.4, 0.5) is 10.1 Å². The van der Waals surface area contributed by atoms with Crippen molar-refractivity contribution in [2.24, 2.45) is 0 Å². The first-order valence-corrected chi connectivity index (χ1v) is 8.17. The fourth-order valence-electron chi connectivity index (χ4n) is 2.53. The van der Waals surface area contributed by atoms with Gasteiger partial charge < -0.3 is 5.32 Å². The Hall–Kier alpha value is -3.25. The number of carbonyl (C=O) groups is 1. The number of nitrogens with zero attached hydrogens (tertiary/aromatic N) is 3. The summed E-state index contributed by atoms with van der Waals surface area (Å²) in [5.74, 6) is -1.09. The minimum absolute atomic E-state index is 0.0163. The number of aromatic nitrogens is 3. The van der Waals surface area contributed by atoms with Crippen molar-refractivity contribution in [2.45, 2.75) is 0 Å². The molecule has 0 bridgehead atoms. The molecule has 4 rings (SSSR count). The number of halogens is 2. The molecule has 26 heavy (non-hydrogen) atoms. The highest BCUT2D eigenvalue weighted by molar-refractivity contribution is 6.30. The molecule has 0 aliphatic carbocycles. The van der Waals surface area contributed by atoms with Gasteiger partial charge in [0, 0.05) is 10.7 Å². The standard InChI is InChI=1S/C19H12ClFN4O/c20-12-5-8-14(9-6-12)25-23-17-10-7-13(11-18(17)24-25)22-19(26)15-3-1-2-4-16(15)21/h1-11H,(H,22,26). The van der Waals surface area contributed by atoms with E-state index in [-0.39, 0.29) is 5.56 Å². The van der Waals surface area contributed by atoms with E-state index in [1.807, 2.05) is 12.1 Å². The van der Waals surface area contributed by atoms with Gasteiger partial charge in [0.1, 0.15) is 16.9 Å². The monoisotopic (exact) mass is 366 g/mol. The van der Waals surface area contributed by atoms with E-state index < -0.39 is 11.7 Å². The summed E-state index contributed by atoms with van der Waals surface area (Å²) in [6.45, 7) is 0. The van der Waals surface area contributed by atoms with Crippen LogP contribution in [0.1, 0.15) is 10.4 Å². The minimum Gasteiger partial charge on any atom is -0.322 e. The Balaban J connectivity index is 1.62. The van der Waals surface area contributed by atoms with Crippen LogP contribution in [0.25, 0.3) is 16.7 Å². The van der Waals surface area contributed by atoms with Gasteiger partial charge in [-0.05, 0) is 54.6 Å². The van der Waals surface area contributed by atoms with Crippen LogP contribution in [0, 0.1) is 5.82 Å². The number of anilines is 1. The van der Waals surface area contributed by atoms with Gasteiger partial charge in [0.15, 0.2) is 0 Å². The smallest absolute Gasteiger partial charge is 0.258 e. The van der Waals surface area contributed by atoms with Crippen molar-refractivity contribution in [1.82, 2.24) is 15.0 Å². The Morgan fingerprint density at radius 1 is 0.962 bits per heavy atom. The van der Waals surface area contributed by atoms with Crippen LogP contribution in [0.3, 0.4) is 0 Å². The molecule has 3 aromatic carbocycles. The van der Waals surface area contributed by atoms with E-state index in [1.165, 1.54) is 23.0 Å². The number of fused-ring (bicyclic) bond motifs is 1. The summed E-state index contributed by atoms with van der Waals surface area (Å²) in [7, 11) is 0. The first-order valence-electron chi connectivity index (χ1n) is 7.79. The van der Waals surface area contributed by atoms with E-state index in [9.17, 15) is 9.18 Å². The molecule has 7 heteroatoms. The normalized spacial score (nSPS) is 10.8. The largest absolute Gasteiger partial charge is 0.322 e. The topological polar surface area (TPSA) is 59.8 Å². The number of carbonyl (C=O) groups excluding carboxylic acids is 1. The van der Waals surface area contributed by atoms with Crippen molar-refractivity contribution in [3.8, 4) is 5.69 Å². The van der Waals surface area contributed by atoms with Crippen LogP contribution in [0.5, 0.6) is 0 Å². The van der Waals surface area contributed by atoms with Crippen molar-refractivity contribution in [3.05, 3.63) is 83.1 Å². The molecule has 1 aromatic heterocycles. The molecule has 0 fully saturated rings. The second kappa shape index (κ2) is 6.57. The van der Waals surface area contributed by atoms with Crippen molar-refractivity contribution in [2.75, 3.05) is 5.32 Å². The highest BCUT2D eigenvalue weighted by Gasteiger charge is 2.12. The van der Waals surface area contributed by atoms with Gasteiger partial charge >= 0.3 is 0 Å². The number of benzene rings is 3. The van der Waals surface area contributed by atoms with E-state index >= 15 is 0 Å². The van der Waals surface area contributed by atoms with Gasteiger partial charge in [0.2, 0.25) is 0 Å². The molecule has 0 radical (unpaired) electrons. The van der Waals surface area contributed by atoms with Gasteiger partial charge in [-0.3, -0.25) is 4.79 Å². The van der Waals surface area contributed by atoms with Gasteiger partial charge in [-0.25, -0.2) is 4.39 Å². The third kappa shape index (κ3) is 3.14. The summed E-state index contributed by atoms with van der Waals surface area (Å²) in [6, 6.07) is 18.1. The summed E-state index contributed by atoms with van der Waals surface area (Å²) >= 11 is 5.89. The summed E-state index contributed by atoms with van der Waals surface area (Å²) in [6.07, 6.45) is 0. The number of rotatable bonds is 3. The maximum atomic E-state index is 13.7. The maximum Gasteiger partial charge on any atom is 0.258 e. The lowest BCUT2D eigenvalue weighted by Gasteiger charge is -2.05. The molecule has 0 aliphatic rings. The van der Waals surface area contributed by atoms with Crippen LogP contribution in [-0.4, -0.2) is 20.9 Å². The molecule has 0 saturated heterocycles. The van der Waals surface area contributed by atoms with Gasteiger partial charge in [-0.1, -0.05) is 23.7 Å². The predicted molar refractivity (Wildman–Crippen MR) is 98.2 cm³/mol. The summed E-state index contributed by atoms with van der Waals surface area (Å²) < 4.78 is 13.7. The van der Waals surface area contributed by atoms with Crippen molar-refractivity contribution in [3.63, 3.8) is 0 Å². The van der Waals surface area contributed by atoms with Crippen LogP contribution in [0.2, 0.25) is 5.02 Å². The molecule has 0 saturated carbocycles. The first kappa shape index (κ1) is 16.2. The zero-order chi connectivity index (χ0) is 18.1. The lowest BCUT2D eigenvalue weighted by molar-refractivity contribution is 0.102. The van der Waals surface area contributed by atoms with Crippen molar-refractivity contribution in [1.29, 1.82) is 0 Å². The second-order valence-corrected chi connectivity index (χ2v) is 6.04.